The Morgan fingerprint density at radius 3 is 2.59 bits per heavy atom. The Bertz CT molecular complexity index is 715. The molecule has 22 heavy (non-hydrogen) atoms. The number of amides is 1. The van der Waals surface area contributed by atoms with Gasteiger partial charge in [-0.15, -0.1) is 0 Å². The van der Waals surface area contributed by atoms with Gasteiger partial charge in [0.1, 0.15) is 11.5 Å². The van der Waals surface area contributed by atoms with Crippen molar-refractivity contribution < 1.29 is 14.6 Å². The van der Waals surface area contributed by atoms with Gasteiger partial charge in [0.25, 0.3) is 5.91 Å². The van der Waals surface area contributed by atoms with Gasteiger partial charge in [0.2, 0.25) is 0 Å². The summed E-state index contributed by atoms with van der Waals surface area (Å²) in [6.07, 6.45) is 1.37. The van der Waals surface area contributed by atoms with Crippen molar-refractivity contribution in [1.82, 2.24) is 5.43 Å². The Hall–Kier alpha value is -1.86. The van der Waals surface area contributed by atoms with Crippen LogP contribution in [-0.2, 0) is 0 Å². The lowest BCUT2D eigenvalue weighted by atomic mass is 10.2. The molecule has 1 amide bonds. The molecule has 0 aliphatic rings. The fraction of sp³-hybridized carbons (Fsp3) is 0.0667. The predicted octanol–water partition coefficient (Wildman–Crippen LogP) is 3.69. The van der Waals surface area contributed by atoms with Crippen LogP contribution in [0.15, 0.2) is 50.4 Å². The standard InChI is InChI=1S/C15H12Br2N2O3/c1-22-12-4-2-9(3-5-12)15(21)19-18-8-10-6-11(16)7-13(17)14(10)20/h2-8,20H,1H3,(H,19,21). The number of rotatable bonds is 4. The second-order valence-corrected chi connectivity index (χ2v) is 6.02. The summed E-state index contributed by atoms with van der Waals surface area (Å²) in [4.78, 5) is 11.9. The molecule has 0 unspecified atom stereocenters. The number of hydrogen-bond donors (Lipinski definition) is 2. The Morgan fingerprint density at radius 2 is 1.95 bits per heavy atom. The van der Waals surface area contributed by atoms with E-state index < -0.39 is 0 Å². The molecule has 7 heteroatoms. The summed E-state index contributed by atoms with van der Waals surface area (Å²) in [5.41, 5.74) is 3.32. The van der Waals surface area contributed by atoms with E-state index in [0.717, 1.165) is 4.47 Å². The van der Waals surface area contributed by atoms with E-state index in [1.807, 2.05) is 0 Å². The lowest BCUT2D eigenvalue weighted by Gasteiger charge is -2.04. The van der Waals surface area contributed by atoms with Crippen LogP contribution in [-0.4, -0.2) is 24.3 Å². The van der Waals surface area contributed by atoms with Crippen LogP contribution in [0.4, 0.5) is 0 Å². The molecule has 0 heterocycles. The first-order valence-electron chi connectivity index (χ1n) is 6.16. The number of aromatic hydroxyl groups is 1. The van der Waals surface area contributed by atoms with Crippen LogP contribution >= 0.6 is 31.9 Å². The van der Waals surface area contributed by atoms with E-state index in [1.54, 1.807) is 43.5 Å². The Balaban J connectivity index is 2.07. The van der Waals surface area contributed by atoms with E-state index in [2.05, 4.69) is 42.4 Å². The molecule has 0 radical (unpaired) electrons. The molecule has 0 fully saturated rings. The number of methoxy groups -OCH3 is 1. The van der Waals surface area contributed by atoms with E-state index >= 15 is 0 Å². The average molecular weight is 428 g/mol. The number of phenolic OH excluding ortho intramolecular Hbond substituents is 1. The van der Waals surface area contributed by atoms with Crippen LogP contribution in [0.3, 0.4) is 0 Å². The van der Waals surface area contributed by atoms with Crippen LogP contribution in [0.2, 0.25) is 0 Å². The molecule has 114 valence electrons. The van der Waals surface area contributed by atoms with E-state index in [9.17, 15) is 9.90 Å². The number of carbonyl (C=O) groups is 1. The topological polar surface area (TPSA) is 70.9 Å². The maximum atomic E-state index is 11.9. The summed E-state index contributed by atoms with van der Waals surface area (Å²) in [5, 5.41) is 13.7. The van der Waals surface area contributed by atoms with Gasteiger partial charge in [0, 0.05) is 15.6 Å². The van der Waals surface area contributed by atoms with Crippen molar-refractivity contribution in [2.45, 2.75) is 0 Å². The molecule has 0 aliphatic heterocycles. The summed E-state index contributed by atoms with van der Waals surface area (Å²) in [5.74, 6) is 0.363. The molecule has 2 aromatic rings. The second-order valence-electron chi connectivity index (χ2n) is 4.25. The lowest BCUT2D eigenvalue weighted by Crippen LogP contribution is -2.17. The molecule has 2 rings (SSSR count). The summed E-state index contributed by atoms with van der Waals surface area (Å²) in [6.45, 7) is 0. The highest BCUT2D eigenvalue weighted by molar-refractivity contribution is 9.11. The number of ether oxygens (including phenoxy) is 1. The molecular weight excluding hydrogens is 416 g/mol. The number of carbonyl (C=O) groups excluding carboxylic acids is 1. The summed E-state index contributed by atoms with van der Waals surface area (Å²) in [6, 6.07) is 10.0. The number of benzene rings is 2. The first-order chi connectivity index (χ1) is 10.5. The van der Waals surface area contributed by atoms with Crippen molar-refractivity contribution in [3.63, 3.8) is 0 Å². The summed E-state index contributed by atoms with van der Waals surface area (Å²) in [7, 11) is 1.56. The normalized spacial score (nSPS) is 10.7. The maximum absolute atomic E-state index is 11.9. The molecule has 2 N–H and O–H groups in total. The number of nitrogens with one attached hydrogen (secondary N) is 1. The van der Waals surface area contributed by atoms with E-state index in [-0.39, 0.29) is 11.7 Å². The van der Waals surface area contributed by atoms with Crippen LogP contribution in [0.1, 0.15) is 15.9 Å². The average Bonchev–Trinajstić information content (AvgIpc) is 2.51. The SMILES string of the molecule is COc1ccc(C(=O)NN=Cc2cc(Br)cc(Br)c2O)cc1. The molecule has 5 nitrogen and oxygen atoms in total. The molecule has 0 aliphatic carbocycles. The number of halogens is 2. The van der Waals surface area contributed by atoms with Gasteiger partial charge >= 0.3 is 0 Å². The van der Waals surface area contributed by atoms with E-state index in [0.29, 0.717) is 21.3 Å². The molecule has 0 aromatic heterocycles. The van der Waals surface area contributed by atoms with Gasteiger partial charge in [0.05, 0.1) is 17.8 Å². The highest BCUT2D eigenvalue weighted by atomic mass is 79.9. The highest BCUT2D eigenvalue weighted by Crippen LogP contribution is 2.30. The zero-order chi connectivity index (χ0) is 16.1. The fourth-order valence-corrected chi connectivity index (χ4v) is 2.91. The molecule has 0 atom stereocenters. The number of nitrogens with zero attached hydrogens (tertiary/aromatic N) is 1. The number of hydrogen-bond acceptors (Lipinski definition) is 4. The quantitative estimate of drug-likeness (QED) is 0.577. The first kappa shape index (κ1) is 16.5. The van der Waals surface area contributed by atoms with Crippen LogP contribution in [0, 0.1) is 0 Å². The van der Waals surface area contributed by atoms with Crippen LogP contribution in [0.5, 0.6) is 11.5 Å². The van der Waals surface area contributed by atoms with Gasteiger partial charge in [-0.2, -0.15) is 5.10 Å². The number of phenols is 1. The zero-order valence-electron chi connectivity index (χ0n) is 11.5. The maximum Gasteiger partial charge on any atom is 0.271 e. The van der Waals surface area contributed by atoms with Crippen molar-refractivity contribution in [2.24, 2.45) is 5.10 Å². The largest absolute Gasteiger partial charge is 0.506 e. The van der Waals surface area contributed by atoms with Crippen molar-refractivity contribution in [3.8, 4) is 11.5 Å². The fourth-order valence-electron chi connectivity index (χ4n) is 1.65. The minimum absolute atomic E-state index is 0.0469. The third-order valence-electron chi connectivity index (χ3n) is 2.78. The third kappa shape index (κ3) is 4.08. The minimum Gasteiger partial charge on any atom is -0.506 e. The highest BCUT2D eigenvalue weighted by Gasteiger charge is 2.06. The van der Waals surface area contributed by atoms with Gasteiger partial charge in [0.15, 0.2) is 0 Å². The van der Waals surface area contributed by atoms with Crippen molar-refractivity contribution in [2.75, 3.05) is 7.11 Å². The van der Waals surface area contributed by atoms with Crippen molar-refractivity contribution in [1.29, 1.82) is 0 Å². The number of hydrazone groups is 1. The van der Waals surface area contributed by atoms with Gasteiger partial charge in [-0.25, -0.2) is 5.43 Å². The third-order valence-corrected chi connectivity index (χ3v) is 3.84. The van der Waals surface area contributed by atoms with Gasteiger partial charge in [-0.1, -0.05) is 15.9 Å². The van der Waals surface area contributed by atoms with Gasteiger partial charge in [-0.3, -0.25) is 4.79 Å². The second kappa shape index (κ2) is 7.42. The lowest BCUT2D eigenvalue weighted by molar-refractivity contribution is 0.0955. The van der Waals surface area contributed by atoms with E-state index in [1.165, 1.54) is 6.21 Å². The molecule has 0 bridgehead atoms. The predicted molar refractivity (Wildman–Crippen MR) is 91.6 cm³/mol. The van der Waals surface area contributed by atoms with Gasteiger partial charge < -0.3 is 9.84 Å². The molecule has 0 spiro atoms. The molecule has 0 saturated heterocycles. The van der Waals surface area contributed by atoms with Crippen LogP contribution in [0.25, 0.3) is 0 Å². The Kier molecular flexibility index (Phi) is 5.57. The molecular formula is C15H12Br2N2O3. The Labute approximate surface area is 144 Å². The molecule has 0 saturated carbocycles. The van der Waals surface area contributed by atoms with Crippen molar-refractivity contribution >= 4 is 44.0 Å². The Morgan fingerprint density at radius 1 is 1.27 bits per heavy atom. The monoisotopic (exact) mass is 426 g/mol. The molecule has 2 aromatic carbocycles. The van der Waals surface area contributed by atoms with E-state index in [4.69, 9.17) is 4.74 Å². The van der Waals surface area contributed by atoms with Gasteiger partial charge in [-0.05, 0) is 52.3 Å². The summed E-state index contributed by atoms with van der Waals surface area (Å²) < 4.78 is 6.34. The first-order valence-corrected chi connectivity index (χ1v) is 7.75. The zero-order valence-corrected chi connectivity index (χ0v) is 14.7. The van der Waals surface area contributed by atoms with Crippen LogP contribution < -0.4 is 10.2 Å². The summed E-state index contributed by atoms with van der Waals surface area (Å²) >= 11 is 6.54. The smallest absolute Gasteiger partial charge is 0.271 e. The van der Waals surface area contributed by atoms with Crippen molar-refractivity contribution in [3.05, 3.63) is 56.5 Å². The minimum atomic E-state index is -0.354.